The summed E-state index contributed by atoms with van der Waals surface area (Å²) >= 11 is 6.08. The molecule has 3 N–H and O–H groups in total. The Morgan fingerprint density at radius 3 is 2.27 bits per heavy atom. The zero-order valence-corrected chi connectivity index (χ0v) is 26.3. The van der Waals surface area contributed by atoms with Crippen molar-refractivity contribution in [1.82, 2.24) is 4.90 Å². The van der Waals surface area contributed by atoms with Gasteiger partial charge in [-0.05, 0) is 86.7 Å². The largest absolute Gasteiger partial charge is 0.494 e. The third-order valence-electron chi connectivity index (χ3n) is 9.75. The third kappa shape index (κ3) is 5.37. The van der Waals surface area contributed by atoms with Crippen LogP contribution in [0.3, 0.4) is 0 Å². The van der Waals surface area contributed by atoms with Gasteiger partial charge < -0.3 is 30.1 Å². The lowest BCUT2D eigenvalue weighted by Crippen LogP contribution is -2.57. The lowest BCUT2D eigenvalue weighted by Gasteiger charge is -2.37. The zero-order valence-electron chi connectivity index (χ0n) is 25.5. The van der Waals surface area contributed by atoms with Crippen molar-refractivity contribution in [3.63, 3.8) is 0 Å². The van der Waals surface area contributed by atoms with Crippen LogP contribution in [-0.4, -0.2) is 64.2 Å². The number of ether oxygens (including phenoxy) is 2. The molecule has 3 aliphatic heterocycles. The molecule has 3 saturated heterocycles. The van der Waals surface area contributed by atoms with Gasteiger partial charge in [-0.25, -0.2) is 0 Å². The lowest BCUT2D eigenvalue weighted by molar-refractivity contribution is -0.147. The van der Waals surface area contributed by atoms with E-state index >= 15 is 0 Å². The van der Waals surface area contributed by atoms with Crippen LogP contribution in [0.2, 0.25) is 5.02 Å². The summed E-state index contributed by atoms with van der Waals surface area (Å²) in [5, 5.41) is 17.1. The minimum atomic E-state index is -1.27. The number of hydrogen-bond donors (Lipinski definition) is 3. The fraction of sp³-hybridized carbons (Fsp3) is 0.400. The van der Waals surface area contributed by atoms with Gasteiger partial charge >= 0.3 is 0 Å². The van der Waals surface area contributed by atoms with Crippen molar-refractivity contribution in [3.05, 3.63) is 89.4 Å². The molecule has 45 heavy (non-hydrogen) atoms. The van der Waals surface area contributed by atoms with Gasteiger partial charge in [0.15, 0.2) is 0 Å². The van der Waals surface area contributed by atoms with Crippen LogP contribution in [0, 0.1) is 17.8 Å². The predicted molar refractivity (Wildman–Crippen MR) is 171 cm³/mol. The predicted octanol–water partition coefficient (Wildman–Crippen LogP) is 4.93. The Morgan fingerprint density at radius 2 is 1.64 bits per heavy atom. The molecule has 3 fully saturated rings. The van der Waals surface area contributed by atoms with Crippen molar-refractivity contribution in [2.75, 3.05) is 23.8 Å². The number of aliphatic hydroxyl groups excluding tert-OH is 1. The highest BCUT2D eigenvalue weighted by Gasteiger charge is 2.80. The van der Waals surface area contributed by atoms with Gasteiger partial charge in [-0.3, -0.25) is 14.4 Å². The monoisotopic (exact) mass is 631 g/mol. The maximum Gasteiger partial charge on any atom is 0.250 e. The van der Waals surface area contributed by atoms with Gasteiger partial charge in [0.2, 0.25) is 17.7 Å². The number of carbonyl (C=O) groups is 3. The number of aliphatic hydroxyl groups is 1. The summed E-state index contributed by atoms with van der Waals surface area (Å²) in [6.45, 7) is 5.91. The molecule has 0 radical (unpaired) electrons. The molecule has 0 aromatic heterocycles. The summed E-state index contributed by atoms with van der Waals surface area (Å²) in [5.41, 5.74) is -0.280. The normalized spacial score (nSPS) is 28.9. The number of hydrogen-bond acceptors (Lipinski definition) is 6. The van der Waals surface area contributed by atoms with Crippen molar-refractivity contribution in [2.24, 2.45) is 17.8 Å². The number of carbonyl (C=O) groups excluding carboxylic acids is 3. The first-order chi connectivity index (χ1) is 21.6. The van der Waals surface area contributed by atoms with Crippen molar-refractivity contribution in [3.8, 4) is 5.75 Å². The number of nitrogens with one attached hydrogen (secondary N) is 2. The Bertz CT molecular complexity index is 1570. The summed E-state index contributed by atoms with van der Waals surface area (Å²) in [6, 6.07) is 21.5. The molecule has 10 heteroatoms. The van der Waals surface area contributed by atoms with Crippen LogP contribution in [0.4, 0.5) is 11.4 Å². The number of halogens is 1. The van der Waals surface area contributed by atoms with Crippen LogP contribution in [0.5, 0.6) is 5.75 Å². The van der Waals surface area contributed by atoms with Gasteiger partial charge in [0, 0.05) is 16.4 Å². The zero-order chi connectivity index (χ0) is 31.9. The quantitative estimate of drug-likeness (QED) is 0.292. The van der Waals surface area contributed by atoms with Crippen LogP contribution < -0.4 is 15.4 Å². The molecule has 9 nitrogen and oxygen atoms in total. The standard InChI is InChI=1S/C35H38ClN3O6/c1-4-44-27-16-14-25(15-17-27)37-31(41)28-29-33(43)39(26(20-40)18-22-8-6-5-7-9-22)30(35(29)19-21(2)34(28,3)45-35)32(42)38-24-12-10-23(36)11-13-24/h5-17,21,26,28-30,40H,4,18-20H2,1-3H3,(H,37,41)(H,38,42)/t21?,26-,28-,29+,30?,34+,35?/m1/s1. The second-order valence-electron chi connectivity index (χ2n) is 12.4. The molecule has 0 aliphatic carbocycles. The van der Waals surface area contributed by atoms with Gasteiger partial charge in [0.05, 0.1) is 36.7 Å². The van der Waals surface area contributed by atoms with Gasteiger partial charge in [-0.15, -0.1) is 0 Å². The molecule has 3 amide bonds. The molecule has 6 rings (SSSR count). The molecule has 3 unspecified atom stereocenters. The molecule has 1 spiro atoms. The minimum absolute atomic E-state index is 0.134. The Balaban J connectivity index is 1.38. The van der Waals surface area contributed by atoms with Crippen LogP contribution in [0.25, 0.3) is 0 Å². The van der Waals surface area contributed by atoms with Gasteiger partial charge in [0.1, 0.15) is 17.4 Å². The van der Waals surface area contributed by atoms with Crippen LogP contribution in [-0.2, 0) is 25.5 Å². The van der Waals surface area contributed by atoms with Crippen molar-refractivity contribution >= 4 is 40.7 Å². The molecule has 3 aromatic carbocycles. The minimum Gasteiger partial charge on any atom is -0.494 e. The Kier molecular flexibility index (Phi) is 8.37. The highest BCUT2D eigenvalue weighted by atomic mass is 35.5. The topological polar surface area (TPSA) is 117 Å². The van der Waals surface area contributed by atoms with Crippen molar-refractivity contribution < 1.29 is 29.0 Å². The van der Waals surface area contributed by atoms with Crippen LogP contribution in [0.15, 0.2) is 78.9 Å². The summed E-state index contributed by atoms with van der Waals surface area (Å²) in [4.78, 5) is 44.6. The first-order valence-corrected chi connectivity index (χ1v) is 15.8. The van der Waals surface area contributed by atoms with Crippen molar-refractivity contribution in [1.29, 1.82) is 0 Å². The average Bonchev–Trinajstić information content (AvgIpc) is 3.55. The Hall–Kier alpha value is -3.92. The van der Waals surface area contributed by atoms with E-state index in [1.54, 1.807) is 48.5 Å². The summed E-state index contributed by atoms with van der Waals surface area (Å²) < 4.78 is 12.4. The highest BCUT2D eigenvalue weighted by molar-refractivity contribution is 6.30. The average molecular weight is 632 g/mol. The number of rotatable bonds is 10. The summed E-state index contributed by atoms with van der Waals surface area (Å²) in [7, 11) is 0. The van der Waals surface area contributed by atoms with E-state index in [1.165, 1.54) is 4.90 Å². The van der Waals surface area contributed by atoms with Gasteiger partial charge in [-0.1, -0.05) is 48.9 Å². The summed E-state index contributed by atoms with van der Waals surface area (Å²) in [6.07, 6.45) is 0.734. The van der Waals surface area contributed by atoms with Gasteiger partial charge in [-0.2, -0.15) is 0 Å². The smallest absolute Gasteiger partial charge is 0.250 e. The highest BCUT2D eigenvalue weighted by Crippen LogP contribution is 2.65. The number of fused-ring (bicyclic) bond motifs is 1. The van der Waals surface area contributed by atoms with E-state index in [0.717, 1.165) is 5.56 Å². The molecule has 3 aromatic rings. The maximum absolute atomic E-state index is 14.6. The van der Waals surface area contributed by atoms with Crippen LogP contribution in [0.1, 0.15) is 32.8 Å². The number of likely N-dealkylation sites (tertiary alicyclic amines) is 1. The second-order valence-corrected chi connectivity index (χ2v) is 12.9. The Labute approximate surface area is 267 Å². The fourth-order valence-corrected chi connectivity index (χ4v) is 7.80. The number of benzene rings is 3. The van der Waals surface area contributed by atoms with Crippen molar-refractivity contribution in [2.45, 2.75) is 56.9 Å². The van der Waals surface area contributed by atoms with E-state index in [9.17, 15) is 19.5 Å². The first kappa shape index (κ1) is 31.1. The number of anilines is 2. The molecular weight excluding hydrogens is 594 g/mol. The molecule has 3 aliphatic rings. The summed E-state index contributed by atoms with van der Waals surface area (Å²) in [5.74, 6) is -2.41. The van der Waals surface area contributed by atoms with Gasteiger partial charge in [0.25, 0.3) is 0 Å². The molecule has 2 bridgehead atoms. The number of nitrogens with zero attached hydrogens (tertiary/aromatic N) is 1. The van der Waals surface area contributed by atoms with E-state index in [0.29, 0.717) is 41.6 Å². The van der Waals surface area contributed by atoms with E-state index in [2.05, 4.69) is 10.6 Å². The lowest BCUT2D eigenvalue weighted by atomic mass is 9.62. The van der Waals surface area contributed by atoms with E-state index in [-0.39, 0.29) is 24.3 Å². The molecular formula is C35H38ClN3O6. The SMILES string of the molecule is CCOc1ccc(NC(=O)[C@H]2[C@H]3C(=O)N([C@@H](CO)Cc4ccccc4)C(C(=O)Nc4ccc(Cl)cc4)C34CC(C)[C@]2(C)O4)cc1. The van der Waals surface area contributed by atoms with E-state index in [4.69, 9.17) is 21.1 Å². The maximum atomic E-state index is 14.6. The fourth-order valence-electron chi connectivity index (χ4n) is 7.67. The van der Waals surface area contributed by atoms with E-state index < -0.39 is 41.0 Å². The second kappa shape index (κ2) is 12.1. The number of amides is 3. The third-order valence-corrected chi connectivity index (χ3v) is 10.00. The van der Waals surface area contributed by atoms with E-state index in [1.807, 2.05) is 51.1 Å². The first-order valence-electron chi connectivity index (χ1n) is 15.4. The molecule has 0 saturated carbocycles. The molecule has 7 atom stereocenters. The molecule has 236 valence electrons. The van der Waals surface area contributed by atoms with Crippen LogP contribution >= 0.6 is 11.6 Å². The molecule has 3 heterocycles. The Morgan fingerprint density at radius 1 is 1.02 bits per heavy atom.